The predicted octanol–water partition coefficient (Wildman–Crippen LogP) is 2.62. The van der Waals surface area contributed by atoms with Crippen molar-refractivity contribution in [1.82, 2.24) is 19.7 Å². The van der Waals surface area contributed by atoms with Crippen LogP contribution in [0.4, 0.5) is 0 Å². The summed E-state index contributed by atoms with van der Waals surface area (Å²) in [5, 5.41) is 5.35. The van der Waals surface area contributed by atoms with Gasteiger partial charge in [-0.05, 0) is 39.2 Å². The molecule has 1 atom stereocenters. The minimum absolute atomic E-state index is 0.0509. The molecular formula is C18H26N4O2. The molecule has 1 fully saturated rings. The fourth-order valence-corrected chi connectivity index (χ4v) is 3.36. The molecule has 130 valence electrons. The van der Waals surface area contributed by atoms with Crippen molar-refractivity contribution in [2.45, 2.75) is 46.1 Å². The Morgan fingerprint density at radius 1 is 1.38 bits per heavy atom. The Balaban J connectivity index is 1.85. The highest BCUT2D eigenvalue weighted by Gasteiger charge is 2.26. The molecule has 24 heavy (non-hydrogen) atoms. The van der Waals surface area contributed by atoms with E-state index in [1.165, 1.54) is 0 Å². The van der Waals surface area contributed by atoms with E-state index in [1.54, 1.807) is 4.68 Å². The number of piperidine rings is 1. The van der Waals surface area contributed by atoms with Crippen molar-refractivity contribution in [1.29, 1.82) is 0 Å². The molecule has 0 aromatic carbocycles. The van der Waals surface area contributed by atoms with Gasteiger partial charge >= 0.3 is 0 Å². The second-order valence-electron chi connectivity index (χ2n) is 6.59. The van der Waals surface area contributed by atoms with Crippen LogP contribution in [0.3, 0.4) is 0 Å². The van der Waals surface area contributed by atoms with Crippen LogP contribution >= 0.6 is 0 Å². The summed E-state index contributed by atoms with van der Waals surface area (Å²) in [4.78, 5) is 19.5. The Morgan fingerprint density at radius 3 is 2.92 bits per heavy atom. The maximum Gasteiger partial charge on any atom is 0.255 e. The van der Waals surface area contributed by atoms with Crippen LogP contribution in [0, 0.1) is 13.8 Å². The third-order valence-electron chi connectivity index (χ3n) is 4.64. The molecule has 0 radical (unpaired) electrons. The summed E-state index contributed by atoms with van der Waals surface area (Å²) in [5.41, 5.74) is 3.16. The summed E-state index contributed by atoms with van der Waals surface area (Å²) >= 11 is 0. The zero-order chi connectivity index (χ0) is 17.3. The third-order valence-corrected chi connectivity index (χ3v) is 4.64. The Kier molecular flexibility index (Phi) is 4.85. The maximum absolute atomic E-state index is 13.0. The molecule has 0 unspecified atom stereocenters. The lowest BCUT2D eigenvalue weighted by Crippen LogP contribution is -2.43. The standard InChI is InChI=1S/C18H26N4O2/c1-5-9-24-14-7-6-8-22(11-14)18(23)16-10-15-13(3)20-21(4)17(15)19-12(16)2/h10,14H,5-9,11H2,1-4H3/t14-/m0/s1. The second-order valence-corrected chi connectivity index (χ2v) is 6.59. The van der Waals surface area contributed by atoms with Crippen molar-refractivity contribution >= 4 is 16.9 Å². The molecule has 3 heterocycles. The van der Waals surface area contributed by atoms with Gasteiger partial charge in [-0.25, -0.2) is 4.98 Å². The molecule has 1 aliphatic heterocycles. The second kappa shape index (κ2) is 6.89. The number of rotatable bonds is 4. The van der Waals surface area contributed by atoms with Gasteiger partial charge in [-0.1, -0.05) is 6.92 Å². The lowest BCUT2D eigenvalue weighted by molar-refractivity contribution is 0.00207. The summed E-state index contributed by atoms with van der Waals surface area (Å²) in [7, 11) is 1.88. The molecule has 1 saturated heterocycles. The average Bonchev–Trinajstić information content (AvgIpc) is 2.85. The first-order chi connectivity index (χ1) is 11.5. The van der Waals surface area contributed by atoms with E-state index in [9.17, 15) is 4.79 Å². The first-order valence-electron chi connectivity index (χ1n) is 8.73. The summed E-state index contributed by atoms with van der Waals surface area (Å²) in [6, 6.07) is 1.94. The average molecular weight is 330 g/mol. The molecular weight excluding hydrogens is 304 g/mol. The smallest absolute Gasteiger partial charge is 0.255 e. The molecule has 0 saturated carbocycles. The number of nitrogens with zero attached hydrogens (tertiary/aromatic N) is 4. The molecule has 6 heteroatoms. The van der Waals surface area contributed by atoms with Crippen LogP contribution in [0.1, 0.15) is 47.9 Å². The molecule has 6 nitrogen and oxygen atoms in total. The van der Waals surface area contributed by atoms with E-state index in [0.717, 1.165) is 54.8 Å². The highest BCUT2D eigenvalue weighted by atomic mass is 16.5. The van der Waals surface area contributed by atoms with Crippen molar-refractivity contribution in [2.75, 3.05) is 19.7 Å². The minimum atomic E-state index is 0.0509. The van der Waals surface area contributed by atoms with E-state index < -0.39 is 0 Å². The lowest BCUT2D eigenvalue weighted by Gasteiger charge is -2.33. The van der Waals surface area contributed by atoms with Gasteiger partial charge in [-0.2, -0.15) is 5.10 Å². The van der Waals surface area contributed by atoms with Gasteiger partial charge in [0.25, 0.3) is 5.91 Å². The number of likely N-dealkylation sites (tertiary alicyclic amines) is 1. The van der Waals surface area contributed by atoms with Gasteiger partial charge in [0.1, 0.15) is 0 Å². The summed E-state index contributed by atoms with van der Waals surface area (Å²) < 4.78 is 7.61. The number of carbonyl (C=O) groups is 1. The maximum atomic E-state index is 13.0. The molecule has 0 bridgehead atoms. The molecule has 2 aromatic rings. The van der Waals surface area contributed by atoms with Crippen molar-refractivity contribution < 1.29 is 9.53 Å². The predicted molar refractivity (Wildman–Crippen MR) is 93.2 cm³/mol. The fraction of sp³-hybridized carbons (Fsp3) is 0.611. The van der Waals surface area contributed by atoms with Gasteiger partial charge in [-0.3, -0.25) is 9.48 Å². The number of pyridine rings is 1. The third kappa shape index (κ3) is 3.15. The zero-order valence-corrected chi connectivity index (χ0v) is 15.0. The summed E-state index contributed by atoms with van der Waals surface area (Å²) in [5.74, 6) is 0.0509. The molecule has 0 N–H and O–H groups in total. The van der Waals surface area contributed by atoms with Crippen LogP contribution < -0.4 is 0 Å². The van der Waals surface area contributed by atoms with Crippen molar-refractivity contribution in [2.24, 2.45) is 7.05 Å². The van der Waals surface area contributed by atoms with Crippen LogP contribution in [-0.4, -0.2) is 51.4 Å². The lowest BCUT2D eigenvalue weighted by atomic mass is 10.1. The normalized spacial score (nSPS) is 18.3. The van der Waals surface area contributed by atoms with Gasteiger partial charge in [0.05, 0.1) is 23.1 Å². The fourth-order valence-electron chi connectivity index (χ4n) is 3.36. The highest BCUT2D eigenvalue weighted by Crippen LogP contribution is 2.22. The number of hydrogen-bond acceptors (Lipinski definition) is 4. The quantitative estimate of drug-likeness (QED) is 0.864. The number of hydrogen-bond donors (Lipinski definition) is 0. The van der Waals surface area contributed by atoms with E-state index in [4.69, 9.17) is 4.74 Å². The molecule has 0 aliphatic carbocycles. The first kappa shape index (κ1) is 16.9. The molecule has 1 aliphatic rings. The first-order valence-corrected chi connectivity index (χ1v) is 8.73. The molecule has 0 spiro atoms. The van der Waals surface area contributed by atoms with E-state index in [-0.39, 0.29) is 12.0 Å². The number of amides is 1. The van der Waals surface area contributed by atoms with Crippen molar-refractivity contribution in [3.8, 4) is 0 Å². The largest absolute Gasteiger partial charge is 0.376 e. The molecule has 1 amide bonds. The van der Waals surface area contributed by atoms with E-state index in [1.807, 2.05) is 31.9 Å². The van der Waals surface area contributed by atoms with Gasteiger partial charge < -0.3 is 9.64 Å². The highest BCUT2D eigenvalue weighted by molar-refractivity contribution is 5.98. The number of aryl methyl sites for hydroxylation is 3. The van der Waals surface area contributed by atoms with Gasteiger partial charge in [0.2, 0.25) is 0 Å². The van der Waals surface area contributed by atoms with Gasteiger partial charge in [0.15, 0.2) is 5.65 Å². The number of aromatic nitrogens is 3. The van der Waals surface area contributed by atoms with Crippen LogP contribution in [0.2, 0.25) is 0 Å². The van der Waals surface area contributed by atoms with Crippen LogP contribution in [0.15, 0.2) is 6.07 Å². The van der Waals surface area contributed by atoms with Crippen molar-refractivity contribution in [3.05, 3.63) is 23.0 Å². The number of fused-ring (bicyclic) bond motifs is 1. The Hall–Kier alpha value is -1.95. The number of carbonyl (C=O) groups excluding carboxylic acids is 1. The zero-order valence-electron chi connectivity index (χ0n) is 15.0. The SMILES string of the molecule is CCCO[C@H]1CCCN(C(=O)c2cc3c(C)nn(C)c3nc2C)C1. The minimum Gasteiger partial charge on any atom is -0.376 e. The Morgan fingerprint density at radius 2 is 2.17 bits per heavy atom. The van der Waals surface area contributed by atoms with Crippen LogP contribution in [0.25, 0.3) is 11.0 Å². The Bertz CT molecular complexity index is 753. The van der Waals surface area contributed by atoms with Gasteiger partial charge in [-0.15, -0.1) is 0 Å². The van der Waals surface area contributed by atoms with Crippen LogP contribution in [-0.2, 0) is 11.8 Å². The van der Waals surface area contributed by atoms with E-state index >= 15 is 0 Å². The topological polar surface area (TPSA) is 60.2 Å². The molecule has 3 rings (SSSR count). The Labute approximate surface area is 142 Å². The molecule has 2 aromatic heterocycles. The summed E-state index contributed by atoms with van der Waals surface area (Å²) in [6.45, 7) is 8.16. The van der Waals surface area contributed by atoms with Gasteiger partial charge in [0, 0.05) is 32.1 Å². The monoisotopic (exact) mass is 330 g/mol. The van der Waals surface area contributed by atoms with E-state index in [0.29, 0.717) is 12.1 Å². The summed E-state index contributed by atoms with van der Waals surface area (Å²) in [6.07, 6.45) is 3.17. The van der Waals surface area contributed by atoms with E-state index in [2.05, 4.69) is 17.0 Å². The van der Waals surface area contributed by atoms with Crippen LogP contribution in [0.5, 0.6) is 0 Å². The van der Waals surface area contributed by atoms with Crippen molar-refractivity contribution in [3.63, 3.8) is 0 Å². The number of ether oxygens (including phenoxy) is 1.